The summed E-state index contributed by atoms with van der Waals surface area (Å²) in [4.78, 5) is 17.0. The fourth-order valence-corrected chi connectivity index (χ4v) is 3.52. The van der Waals surface area contributed by atoms with Crippen molar-refractivity contribution in [3.05, 3.63) is 28.8 Å². The maximum atomic E-state index is 10.8. The summed E-state index contributed by atoms with van der Waals surface area (Å²) in [5.41, 5.74) is 0.562. The predicted octanol–water partition coefficient (Wildman–Crippen LogP) is 3.14. The van der Waals surface area contributed by atoms with Gasteiger partial charge in [0.05, 0.1) is 10.6 Å². The number of ether oxygens (including phenoxy) is 1. The molecule has 0 unspecified atom stereocenters. The van der Waals surface area contributed by atoms with Crippen LogP contribution < -0.4 is 4.74 Å². The first-order valence-electron chi connectivity index (χ1n) is 7.37. The molecule has 1 saturated heterocycles. The van der Waals surface area contributed by atoms with Gasteiger partial charge in [0.1, 0.15) is 11.9 Å². The van der Waals surface area contributed by atoms with Gasteiger partial charge in [-0.2, -0.15) is 4.99 Å². The van der Waals surface area contributed by atoms with Gasteiger partial charge < -0.3 is 4.74 Å². The number of aliphatic imine (C=N–C) groups is 1. The quantitative estimate of drug-likeness (QED) is 0.634. The third-order valence-electron chi connectivity index (χ3n) is 4.48. The number of carbonyl (C=O) groups excluding carboxylic acids is 1. The first-order chi connectivity index (χ1) is 10.1. The van der Waals surface area contributed by atoms with Crippen LogP contribution in [0.3, 0.4) is 0 Å². The van der Waals surface area contributed by atoms with Gasteiger partial charge in [-0.25, -0.2) is 4.79 Å². The van der Waals surface area contributed by atoms with Crippen molar-refractivity contribution < 1.29 is 9.53 Å². The lowest BCUT2D eigenvalue weighted by Gasteiger charge is -2.36. The molecular formula is C16H19ClN2O2. The Balaban J connectivity index is 1.81. The van der Waals surface area contributed by atoms with Gasteiger partial charge in [-0.05, 0) is 37.6 Å². The van der Waals surface area contributed by atoms with Gasteiger partial charge in [-0.15, -0.1) is 0 Å². The molecule has 1 saturated carbocycles. The highest BCUT2D eigenvalue weighted by atomic mass is 35.5. The van der Waals surface area contributed by atoms with E-state index in [1.54, 1.807) is 6.08 Å². The molecule has 2 aliphatic rings. The minimum Gasteiger partial charge on any atom is -0.486 e. The highest BCUT2D eigenvalue weighted by molar-refractivity contribution is 6.32. The lowest BCUT2D eigenvalue weighted by molar-refractivity contribution is 0.0389. The number of benzene rings is 1. The molecule has 0 radical (unpaired) electrons. The number of likely N-dealkylation sites (tertiary alicyclic amines) is 1. The lowest BCUT2D eigenvalue weighted by atomic mass is 9.89. The molecule has 2 fully saturated rings. The zero-order valence-corrected chi connectivity index (χ0v) is 12.9. The number of likely N-dealkylation sites (N-methyl/N-ethyl adjacent to an activating group) is 1. The monoisotopic (exact) mass is 306 g/mol. The molecule has 5 heteroatoms. The molecule has 1 aliphatic carbocycles. The van der Waals surface area contributed by atoms with Gasteiger partial charge in [-0.3, -0.25) is 4.90 Å². The molecule has 0 bridgehead atoms. The van der Waals surface area contributed by atoms with Gasteiger partial charge in [-0.1, -0.05) is 30.5 Å². The van der Waals surface area contributed by atoms with Crippen LogP contribution in [0.1, 0.15) is 31.2 Å². The van der Waals surface area contributed by atoms with Crippen molar-refractivity contribution in [1.29, 1.82) is 0 Å². The molecule has 1 aromatic rings. The molecule has 0 spiro atoms. The smallest absolute Gasteiger partial charge is 0.235 e. The molecule has 1 aromatic carbocycles. The summed E-state index contributed by atoms with van der Waals surface area (Å²) in [6.07, 6.45) is 5.87. The lowest BCUT2D eigenvalue weighted by Crippen LogP contribution is -2.51. The van der Waals surface area contributed by atoms with Crippen LogP contribution in [0.2, 0.25) is 5.02 Å². The molecular weight excluding hydrogens is 288 g/mol. The summed E-state index contributed by atoms with van der Waals surface area (Å²) in [5.74, 6) is 0.710. The molecule has 0 aromatic heterocycles. The van der Waals surface area contributed by atoms with Crippen LogP contribution in [-0.2, 0) is 10.3 Å². The van der Waals surface area contributed by atoms with Gasteiger partial charge in [0, 0.05) is 13.1 Å². The van der Waals surface area contributed by atoms with Crippen LogP contribution in [-0.4, -0.2) is 37.2 Å². The number of nitrogens with zero attached hydrogens (tertiary/aromatic N) is 2. The first kappa shape index (κ1) is 14.6. The van der Waals surface area contributed by atoms with E-state index in [1.807, 2.05) is 18.2 Å². The van der Waals surface area contributed by atoms with Crippen molar-refractivity contribution in [2.24, 2.45) is 4.99 Å². The van der Waals surface area contributed by atoms with Gasteiger partial charge in [0.2, 0.25) is 6.08 Å². The summed E-state index contributed by atoms with van der Waals surface area (Å²) >= 11 is 6.35. The van der Waals surface area contributed by atoms with Crippen LogP contribution >= 0.6 is 11.6 Å². The molecule has 0 atom stereocenters. The third-order valence-corrected chi connectivity index (χ3v) is 4.78. The SMILES string of the molecule is CN1CC(Oc2ccc(C3(N=C=O)CCCC3)cc2Cl)C1. The number of halogens is 1. The van der Waals surface area contributed by atoms with Crippen molar-refractivity contribution >= 4 is 17.7 Å². The Morgan fingerprint density at radius 1 is 1.38 bits per heavy atom. The highest BCUT2D eigenvalue weighted by Crippen LogP contribution is 2.44. The van der Waals surface area contributed by atoms with Crippen LogP contribution in [0, 0.1) is 0 Å². The summed E-state index contributed by atoms with van der Waals surface area (Å²) in [5, 5.41) is 0.592. The standard InChI is InChI=1S/C16H19ClN2O2/c1-19-9-13(10-19)21-15-5-4-12(8-14(15)17)16(18-11-20)6-2-3-7-16/h4-5,8,13H,2-3,6-7,9-10H2,1H3. The fourth-order valence-electron chi connectivity index (χ4n) is 3.29. The van der Waals surface area contributed by atoms with Crippen molar-refractivity contribution in [3.8, 4) is 5.75 Å². The van der Waals surface area contributed by atoms with E-state index < -0.39 is 5.54 Å². The van der Waals surface area contributed by atoms with Crippen molar-refractivity contribution in [2.75, 3.05) is 20.1 Å². The van der Waals surface area contributed by atoms with E-state index in [9.17, 15) is 4.79 Å². The minimum absolute atomic E-state index is 0.215. The van der Waals surface area contributed by atoms with Crippen LogP contribution in [0.4, 0.5) is 0 Å². The molecule has 0 amide bonds. The van der Waals surface area contributed by atoms with E-state index in [-0.39, 0.29) is 6.10 Å². The molecule has 21 heavy (non-hydrogen) atoms. The Morgan fingerprint density at radius 2 is 2.10 bits per heavy atom. The zero-order valence-electron chi connectivity index (χ0n) is 12.1. The second kappa shape index (κ2) is 5.80. The average molecular weight is 307 g/mol. The summed E-state index contributed by atoms with van der Waals surface area (Å²) in [6, 6.07) is 5.78. The molecule has 1 heterocycles. The third kappa shape index (κ3) is 2.84. The molecule has 3 rings (SSSR count). The Bertz CT molecular complexity index is 572. The number of rotatable bonds is 4. The minimum atomic E-state index is -0.430. The van der Waals surface area contributed by atoms with E-state index in [0.29, 0.717) is 10.8 Å². The second-order valence-corrected chi connectivity index (χ2v) is 6.46. The van der Waals surface area contributed by atoms with Gasteiger partial charge in [0.15, 0.2) is 0 Å². The Labute approximate surface area is 129 Å². The van der Waals surface area contributed by atoms with Crippen LogP contribution in [0.5, 0.6) is 5.75 Å². The molecule has 1 aliphatic heterocycles. The van der Waals surface area contributed by atoms with Crippen LogP contribution in [0.25, 0.3) is 0 Å². The average Bonchev–Trinajstić information content (AvgIpc) is 2.89. The topological polar surface area (TPSA) is 41.9 Å². The van der Waals surface area contributed by atoms with Gasteiger partial charge >= 0.3 is 0 Å². The van der Waals surface area contributed by atoms with Crippen LogP contribution in [0.15, 0.2) is 23.2 Å². The molecule has 0 N–H and O–H groups in total. The highest BCUT2D eigenvalue weighted by Gasteiger charge is 2.36. The Morgan fingerprint density at radius 3 is 2.67 bits per heavy atom. The Kier molecular flexibility index (Phi) is 4.03. The zero-order chi connectivity index (χ0) is 14.9. The number of hydrogen-bond donors (Lipinski definition) is 0. The van der Waals surface area contributed by atoms with Crippen molar-refractivity contribution in [3.63, 3.8) is 0 Å². The Hall–Kier alpha value is -1.35. The van der Waals surface area contributed by atoms with E-state index in [1.165, 1.54) is 0 Å². The summed E-state index contributed by atoms with van der Waals surface area (Å²) in [6.45, 7) is 1.86. The molecule has 4 nitrogen and oxygen atoms in total. The maximum Gasteiger partial charge on any atom is 0.235 e. The van der Waals surface area contributed by atoms with E-state index in [4.69, 9.17) is 16.3 Å². The summed E-state index contributed by atoms with van der Waals surface area (Å²) < 4.78 is 5.88. The molecule has 112 valence electrons. The van der Waals surface area contributed by atoms with E-state index in [0.717, 1.165) is 44.3 Å². The number of hydrogen-bond acceptors (Lipinski definition) is 4. The number of isocyanates is 1. The fraction of sp³-hybridized carbons (Fsp3) is 0.562. The van der Waals surface area contributed by atoms with Crippen molar-refractivity contribution in [1.82, 2.24) is 4.90 Å². The van der Waals surface area contributed by atoms with E-state index in [2.05, 4.69) is 16.9 Å². The maximum absolute atomic E-state index is 10.8. The normalized spacial score (nSPS) is 21.6. The first-order valence-corrected chi connectivity index (χ1v) is 7.75. The predicted molar refractivity (Wildman–Crippen MR) is 81.6 cm³/mol. The van der Waals surface area contributed by atoms with Gasteiger partial charge in [0.25, 0.3) is 0 Å². The van der Waals surface area contributed by atoms with Crippen molar-refractivity contribution in [2.45, 2.75) is 37.3 Å². The largest absolute Gasteiger partial charge is 0.486 e. The second-order valence-electron chi connectivity index (χ2n) is 6.05. The van der Waals surface area contributed by atoms with E-state index >= 15 is 0 Å². The summed E-state index contributed by atoms with van der Waals surface area (Å²) in [7, 11) is 2.06.